The van der Waals surface area contributed by atoms with E-state index in [2.05, 4.69) is 15.5 Å². The average Bonchev–Trinajstić information content (AvgIpc) is 2.75. The second-order valence-corrected chi connectivity index (χ2v) is 4.28. The second-order valence-electron chi connectivity index (χ2n) is 3.34. The van der Waals surface area contributed by atoms with Gasteiger partial charge in [-0.05, 0) is 12.1 Å². The summed E-state index contributed by atoms with van der Waals surface area (Å²) in [4.78, 5) is 11.6. The van der Waals surface area contributed by atoms with E-state index in [1.807, 2.05) is 0 Å². The number of hydrogen-bond donors (Lipinski definition) is 2. The number of nitrogens with one attached hydrogen (secondary N) is 1. The molecule has 0 saturated heterocycles. The van der Waals surface area contributed by atoms with Crippen molar-refractivity contribution in [2.45, 2.75) is 5.16 Å². The average molecular weight is 267 g/mol. The SMILES string of the molecule is Nn1cnnc1SCC(=O)Nc1ccccc1F. The maximum Gasteiger partial charge on any atom is 0.234 e. The third-order valence-electron chi connectivity index (χ3n) is 2.02. The Morgan fingerprint density at radius 2 is 2.28 bits per heavy atom. The number of carbonyl (C=O) groups is 1. The molecule has 0 spiro atoms. The number of anilines is 1. The number of halogens is 1. The predicted octanol–water partition coefficient (Wildman–Crippen LogP) is 0.862. The molecule has 1 heterocycles. The molecule has 1 amide bonds. The molecular formula is C10H10FN5OS. The third kappa shape index (κ3) is 2.98. The molecule has 0 aliphatic heterocycles. The van der Waals surface area contributed by atoms with Crippen molar-refractivity contribution in [3.63, 3.8) is 0 Å². The van der Waals surface area contributed by atoms with Gasteiger partial charge in [0.15, 0.2) is 0 Å². The number of rotatable bonds is 4. The molecule has 2 rings (SSSR count). The number of nitrogens with two attached hydrogens (primary N) is 1. The number of amides is 1. The monoisotopic (exact) mass is 267 g/mol. The van der Waals surface area contributed by atoms with Gasteiger partial charge >= 0.3 is 0 Å². The highest BCUT2D eigenvalue weighted by atomic mass is 32.2. The van der Waals surface area contributed by atoms with E-state index >= 15 is 0 Å². The van der Waals surface area contributed by atoms with Crippen LogP contribution in [-0.4, -0.2) is 26.5 Å². The molecule has 18 heavy (non-hydrogen) atoms. The van der Waals surface area contributed by atoms with Crippen molar-refractivity contribution in [1.82, 2.24) is 14.9 Å². The summed E-state index contributed by atoms with van der Waals surface area (Å²) in [5, 5.41) is 10.2. The summed E-state index contributed by atoms with van der Waals surface area (Å²) < 4.78 is 14.5. The van der Waals surface area contributed by atoms with E-state index in [1.165, 1.54) is 23.1 Å². The Hall–Kier alpha value is -2.09. The van der Waals surface area contributed by atoms with Gasteiger partial charge in [0.05, 0.1) is 11.4 Å². The number of hydrogen-bond acceptors (Lipinski definition) is 5. The Labute approximate surface area is 106 Å². The highest BCUT2D eigenvalue weighted by Crippen LogP contribution is 2.15. The highest BCUT2D eigenvalue weighted by Gasteiger charge is 2.09. The molecule has 3 N–H and O–H groups in total. The van der Waals surface area contributed by atoms with Gasteiger partial charge in [0.1, 0.15) is 12.1 Å². The van der Waals surface area contributed by atoms with E-state index in [0.29, 0.717) is 5.16 Å². The molecule has 94 valence electrons. The van der Waals surface area contributed by atoms with Crippen LogP contribution < -0.4 is 11.2 Å². The summed E-state index contributed by atoms with van der Waals surface area (Å²) in [5.41, 5.74) is 0.150. The van der Waals surface area contributed by atoms with Crippen LogP contribution in [0.2, 0.25) is 0 Å². The zero-order valence-corrected chi connectivity index (χ0v) is 10.0. The first-order valence-corrected chi connectivity index (χ1v) is 5.97. The number of nitrogen functional groups attached to an aromatic ring is 1. The number of para-hydroxylation sites is 1. The van der Waals surface area contributed by atoms with Crippen LogP contribution in [-0.2, 0) is 4.79 Å². The lowest BCUT2D eigenvalue weighted by Crippen LogP contribution is -2.16. The van der Waals surface area contributed by atoms with Gasteiger partial charge in [-0.2, -0.15) is 0 Å². The van der Waals surface area contributed by atoms with Crippen molar-refractivity contribution < 1.29 is 9.18 Å². The van der Waals surface area contributed by atoms with Crippen LogP contribution in [0.15, 0.2) is 35.7 Å². The normalized spacial score (nSPS) is 10.3. The van der Waals surface area contributed by atoms with E-state index in [4.69, 9.17) is 5.84 Å². The molecule has 1 aromatic carbocycles. The Morgan fingerprint density at radius 1 is 1.50 bits per heavy atom. The van der Waals surface area contributed by atoms with Gasteiger partial charge in [-0.15, -0.1) is 10.2 Å². The van der Waals surface area contributed by atoms with Crippen molar-refractivity contribution in [2.75, 3.05) is 16.9 Å². The van der Waals surface area contributed by atoms with Gasteiger partial charge in [-0.1, -0.05) is 23.9 Å². The lowest BCUT2D eigenvalue weighted by molar-refractivity contribution is -0.113. The minimum absolute atomic E-state index is 0.0736. The van der Waals surface area contributed by atoms with Crippen LogP contribution >= 0.6 is 11.8 Å². The molecule has 0 bridgehead atoms. The van der Waals surface area contributed by atoms with E-state index in [0.717, 1.165) is 11.8 Å². The zero-order chi connectivity index (χ0) is 13.0. The van der Waals surface area contributed by atoms with Crippen molar-refractivity contribution >= 4 is 23.4 Å². The van der Waals surface area contributed by atoms with Crippen molar-refractivity contribution in [3.8, 4) is 0 Å². The Morgan fingerprint density at radius 3 is 2.94 bits per heavy atom. The second kappa shape index (κ2) is 5.50. The molecule has 0 saturated carbocycles. The Kier molecular flexibility index (Phi) is 3.78. The molecular weight excluding hydrogens is 257 g/mol. The van der Waals surface area contributed by atoms with Gasteiger partial charge in [0, 0.05) is 0 Å². The smallest absolute Gasteiger partial charge is 0.234 e. The molecule has 1 aromatic heterocycles. The van der Waals surface area contributed by atoms with Gasteiger partial charge in [0.2, 0.25) is 11.1 Å². The predicted molar refractivity (Wildman–Crippen MR) is 65.9 cm³/mol. The van der Waals surface area contributed by atoms with Crippen LogP contribution in [0.4, 0.5) is 10.1 Å². The summed E-state index contributed by atoms with van der Waals surface area (Å²) in [7, 11) is 0. The largest absolute Gasteiger partial charge is 0.336 e. The van der Waals surface area contributed by atoms with Crippen LogP contribution in [0.25, 0.3) is 0 Å². The maximum absolute atomic E-state index is 13.3. The lowest BCUT2D eigenvalue weighted by atomic mass is 10.3. The lowest BCUT2D eigenvalue weighted by Gasteiger charge is -2.05. The fraction of sp³-hybridized carbons (Fsp3) is 0.100. The number of thioether (sulfide) groups is 1. The topological polar surface area (TPSA) is 85.8 Å². The molecule has 0 fully saturated rings. The molecule has 0 aliphatic rings. The highest BCUT2D eigenvalue weighted by molar-refractivity contribution is 7.99. The van der Waals surface area contributed by atoms with E-state index in [9.17, 15) is 9.18 Å². The summed E-state index contributed by atoms with van der Waals surface area (Å²) in [6.45, 7) is 0. The molecule has 0 aliphatic carbocycles. The maximum atomic E-state index is 13.3. The van der Waals surface area contributed by atoms with E-state index in [-0.39, 0.29) is 17.3 Å². The van der Waals surface area contributed by atoms with Crippen LogP contribution in [0.1, 0.15) is 0 Å². The van der Waals surface area contributed by atoms with E-state index in [1.54, 1.807) is 12.1 Å². The summed E-state index contributed by atoms with van der Waals surface area (Å²) >= 11 is 1.12. The molecule has 8 heteroatoms. The zero-order valence-electron chi connectivity index (χ0n) is 9.21. The Bertz CT molecular complexity index is 559. The molecule has 0 radical (unpaired) electrons. The first-order chi connectivity index (χ1) is 8.66. The number of benzene rings is 1. The fourth-order valence-corrected chi connectivity index (χ4v) is 1.85. The summed E-state index contributed by atoms with van der Waals surface area (Å²) in [6, 6.07) is 5.96. The molecule has 2 aromatic rings. The van der Waals surface area contributed by atoms with Gasteiger partial charge in [0.25, 0.3) is 0 Å². The number of aromatic nitrogens is 3. The van der Waals surface area contributed by atoms with Crippen LogP contribution in [0.5, 0.6) is 0 Å². The van der Waals surface area contributed by atoms with E-state index < -0.39 is 5.82 Å². The molecule has 6 nitrogen and oxygen atoms in total. The van der Waals surface area contributed by atoms with Crippen molar-refractivity contribution in [2.24, 2.45) is 0 Å². The molecule has 0 unspecified atom stereocenters. The van der Waals surface area contributed by atoms with Gasteiger partial charge in [-0.3, -0.25) is 4.79 Å². The van der Waals surface area contributed by atoms with Crippen molar-refractivity contribution in [3.05, 3.63) is 36.4 Å². The number of nitrogens with zero attached hydrogens (tertiary/aromatic N) is 3. The first-order valence-electron chi connectivity index (χ1n) is 4.99. The summed E-state index contributed by atoms with van der Waals surface area (Å²) in [6.07, 6.45) is 1.33. The van der Waals surface area contributed by atoms with Gasteiger partial charge in [-0.25, -0.2) is 9.07 Å². The van der Waals surface area contributed by atoms with Crippen molar-refractivity contribution in [1.29, 1.82) is 0 Å². The quantitative estimate of drug-likeness (QED) is 0.634. The first kappa shape index (κ1) is 12.4. The Balaban J connectivity index is 1.90. The minimum Gasteiger partial charge on any atom is -0.336 e. The fourth-order valence-electron chi connectivity index (χ4n) is 1.21. The summed E-state index contributed by atoms with van der Waals surface area (Å²) in [5.74, 6) is 4.74. The van der Waals surface area contributed by atoms with Gasteiger partial charge < -0.3 is 11.2 Å². The third-order valence-corrected chi connectivity index (χ3v) is 2.98. The van der Waals surface area contributed by atoms with Crippen LogP contribution in [0, 0.1) is 5.82 Å². The minimum atomic E-state index is -0.474. The molecule has 0 atom stereocenters. The standard InChI is InChI=1S/C10H10FN5OS/c11-7-3-1-2-4-8(7)14-9(17)5-18-10-15-13-6-16(10)12/h1-4,6H,5,12H2,(H,14,17). The number of carbonyl (C=O) groups excluding carboxylic acids is 1. The van der Waals surface area contributed by atoms with Crippen LogP contribution in [0.3, 0.4) is 0 Å².